The van der Waals surface area contributed by atoms with Crippen molar-refractivity contribution in [1.29, 1.82) is 0 Å². The van der Waals surface area contributed by atoms with Crippen LogP contribution in [0.1, 0.15) is 47.1 Å². The maximum Gasteiger partial charge on any atom is 0.254 e. The molecule has 36 heavy (non-hydrogen) atoms. The molecule has 1 aromatic heterocycles. The van der Waals surface area contributed by atoms with Gasteiger partial charge in [0, 0.05) is 34.6 Å². The molecule has 0 bridgehead atoms. The van der Waals surface area contributed by atoms with Crippen LogP contribution in [0.4, 0.5) is 4.39 Å². The average Bonchev–Trinajstić information content (AvgIpc) is 3.35. The van der Waals surface area contributed by atoms with Crippen LogP contribution in [0, 0.1) is 11.7 Å². The molecule has 4 rings (SSSR count). The number of ether oxygens (including phenoxy) is 1. The number of amides is 2. The fourth-order valence-corrected chi connectivity index (χ4v) is 5.51. The first-order valence-corrected chi connectivity index (χ1v) is 13.4. The van der Waals surface area contributed by atoms with Gasteiger partial charge < -0.3 is 14.5 Å². The number of hydrogen-bond donors (Lipinski definition) is 0. The quantitative estimate of drug-likeness (QED) is 0.330. The highest BCUT2D eigenvalue weighted by Crippen LogP contribution is 2.34. The monoisotopic (exact) mass is 528 g/mol. The van der Waals surface area contributed by atoms with Crippen molar-refractivity contribution in [2.75, 3.05) is 26.2 Å². The largest absolute Gasteiger partial charge is 0.491 e. The highest BCUT2D eigenvalue weighted by molar-refractivity contribution is 7.10. The van der Waals surface area contributed by atoms with E-state index in [1.807, 2.05) is 11.4 Å². The normalized spacial score (nSPS) is 15.8. The van der Waals surface area contributed by atoms with Crippen LogP contribution in [-0.4, -0.2) is 47.9 Å². The summed E-state index contributed by atoms with van der Waals surface area (Å²) in [5.74, 6) is -0.0806. The van der Waals surface area contributed by atoms with Gasteiger partial charge in [-0.1, -0.05) is 44.0 Å². The van der Waals surface area contributed by atoms with Crippen molar-refractivity contribution >= 4 is 34.8 Å². The van der Waals surface area contributed by atoms with E-state index in [2.05, 4.69) is 13.8 Å². The molecule has 0 N–H and O–H groups in total. The summed E-state index contributed by atoms with van der Waals surface area (Å²) in [6.45, 7) is 5.30. The molecule has 2 heterocycles. The minimum Gasteiger partial charge on any atom is -0.491 e. The number of nitrogens with zero attached hydrogens (tertiary/aromatic N) is 2. The lowest BCUT2D eigenvalue weighted by Crippen LogP contribution is -2.48. The number of rotatable bonds is 9. The standard InChI is InChI=1S/C28H30ClFN2O3S/c1-3-19(2)16-31(28(34)20-6-4-7-21(29)14-20)17-27(33)32-12-10-26-24(11-13-36-26)25(32)18-35-23-9-5-8-22(30)15-23/h4-9,11,13-15,19,25H,3,10,12,16-18H2,1-2H3/t19-,25-/m0/s1. The summed E-state index contributed by atoms with van der Waals surface area (Å²) in [7, 11) is 0. The Hall–Kier alpha value is -2.90. The Balaban J connectivity index is 1.55. The second-order valence-electron chi connectivity index (χ2n) is 9.13. The van der Waals surface area contributed by atoms with Gasteiger partial charge in [0.2, 0.25) is 5.91 Å². The molecule has 1 aliphatic rings. The van der Waals surface area contributed by atoms with Gasteiger partial charge in [-0.05, 0) is 59.7 Å². The van der Waals surface area contributed by atoms with Crippen molar-refractivity contribution in [3.8, 4) is 5.75 Å². The Morgan fingerprint density at radius 2 is 2.03 bits per heavy atom. The zero-order valence-corrected chi connectivity index (χ0v) is 22.0. The van der Waals surface area contributed by atoms with Gasteiger partial charge >= 0.3 is 0 Å². The van der Waals surface area contributed by atoms with Gasteiger partial charge in [0.1, 0.15) is 24.7 Å². The molecule has 0 radical (unpaired) electrons. The third kappa shape index (κ3) is 6.26. The smallest absolute Gasteiger partial charge is 0.254 e. The first kappa shape index (κ1) is 26.2. The van der Waals surface area contributed by atoms with Crippen molar-refractivity contribution in [3.63, 3.8) is 0 Å². The molecule has 2 aromatic carbocycles. The molecule has 2 amide bonds. The third-order valence-electron chi connectivity index (χ3n) is 6.53. The van der Waals surface area contributed by atoms with Gasteiger partial charge in [0.05, 0.1) is 6.04 Å². The molecule has 0 unspecified atom stereocenters. The van der Waals surface area contributed by atoms with Crippen LogP contribution in [-0.2, 0) is 11.2 Å². The zero-order valence-electron chi connectivity index (χ0n) is 20.5. The van der Waals surface area contributed by atoms with E-state index >= 15 is 0 Å². The summed E-state index contributed by atoms with van der Waals surface area (Å²) >= 11 is 7.79. The maximum atomic E-state index is 13.7. The van der Waals surface area contributed by atoms with E-state index in [9.17, 15) is 14.0 Å². The minimum atomic E-state index is -0.375. The van der Waals surface area contributed by atoms with E-state index in [-0.39, 0.29) is 42.7 Å². The van der Waals surface area contributed by atoms with Crippen molar-refractivity contribution in [2.24, 2.45) is 5.92 Å². The molecule has 0 saturated heterocycles. The molecule has 190 valence electrons. The topological polar surface area (TPSA) is 49.9 Å². The van der Waals surface area contributed by atoms with Gasteiger partial charge in [-0.2, -0.15) is 0 Å². The first-order chi connectivity index (χ1) is 17.4. The predicted octanol–water partition coefficient (Wildman–Crippen LogP) is 6.23. The minimum absolute atomic E-state index is 0.0361. The SMILES string of the molecule is CC[C@H](C)CN(CC(=O)N1CCc2sccc2[C@@H]1COc1cccc(F)c1)C(=O)c1cccc(Cl)c1. The third-order valence-corrected chi connectivity index (χ3v) is 7.76. The molecule has 0 spiro atoms. The highest BCUT2D eigenvalue weighted by atomic mass is 35.5. The first-order valence-electron chi connectivity index (χ1n) is 12.1. The number of fused-ring (bicyclic) bond motifs is 1. The average molecular weight is 529 g/mol. The number of carbonyl (C=O) groups is 2. The van der Waals surface area contributed by atoms with Crippen molar-refractivity contribution in [2.45, 2.75) is 32.7 Å². The Bertz CT molecular complexity index is 1220. The van der Waals surface area contributed by atoms with Gasteiger partial charge in [-0.15, -0.1) is 11.3 Å². The summed E-state index contributed by atoms with van der Waals surface area (Å²) in [4.78, 5) is 31.7. The summed E-state index contributed by atoms with van der Waals surface area (Å²) in [6.07, 6.45) is 1.64. The van der Waals surface area contributed by atoms with E-state index in [1.54, 1.807) is 57.5 Å². The molecule has 8 heteroatoms. The van der Waals surface area contributed by atoms with Crippen LogP contribution in [0.5, 0.6) is 5.75 Å². The van der Waals surface area contributed by atoms with Crippen LogP contribution in [0.15, 0.2) is 60.0 Å². The fraction of sp³-hybridized carbons (Fsp3) is 0.357. The molecule has 3 aromatic rings. The second-order valence-corrected chi connectivity index (χ2v) is 10.6. The zero-order chi connectivity index (χ0) is 25.7. The van der Waals surface area contributed by atoms with Crippen molar-refractivity contribution in [3.05, 3.63) is 86.8 Å². The Kier molecular flexibility index (Phi) is 8.64. The number of benzene rings is 2. The van der Waals surface area contributed by atoms with Crippen LogP contribution in [0.2, 0.25) is 5.02 Å². The Labute approximate surface area is 220 Å². The van der Waals surface area contributed by atoms with E-state index in [0.29, 0.717) is 29.4 Å². The second kappa shape index (κ2) is 11.9. The van der Waals surface area contributed by atoms with E-state index in [1.165, 1.54) is 17.0 Å². The highest BCUT2D eigenvalue weighted by Gasteiger charge is 2.34. The van der Waals surface area contributed by atoms with Crippen molar-refractivity contribution < 1.29 is 18.7 Å². The van der Waals surface area contributed by atoms with Crippen LogP contribution < -0.4 is 4.74 Å². The van der Waals surface area contributed by atoms with Crippen molar-refractivity contribution in [1.82, 2.24) is 9.80 Å². The molecular weight excluding hydrogens is 499 g/mol. The van der Waals surface area contributed by atoms with Gasteiger partial charge in [-0.25, -0.2) is 4.39 Å². The molecule has 0 saturated carbocycles. The molecule has 2 atom stereocenters. The molecule has 0 aliphatic carbocycles. The summed E-state index contributed by atoms with van der Waals surface area (Å²) < 4.78 is 19.6. The lowest BCUT2D eigenvalue weighted by Gasteiger charge is -2.37. The lowest BCUT2D eigenvalue weighted by molar-refractivity contribution is -0.135. The lowest BCUT2D eigenvalue weighted by atomic mass is 10.00. The number of thiophene rings is 1. The molecular formula is C28H30ClFN2O3S. The number of halogens is 2. The van der Waals surface area contributed by atoms with Gasteiger partial charge in [0.25, 0.3) is 5.91 Å². The molecule has 5 nitrogen and oxygen atoms in total. The van der Waals surface area contributed by atoms with Crippen LogP contribution in [0.25, 0.3) is 0 Å². The van der Waals surface area contributed by atoms with Gasteiger partial charge in [0.15, 0.2) is 0 Å². The number of hydrogen-bond acceptors (Lipinski definition) is 4. The summed E-state index contributed by atoms with van der Waals surface area (Å²) in [5.41, 5.74) is 1.51. The van der Waals surface area contributed by atoms with E-state index in [4.69, 9.17) is 16.3 Å². The van der Waals surface area contributed by atoms with E-state index < -0.39 is 0 Å². The summed E-state index contributed by atoms with van der Waals surface area (Å²) in [5, 5.41) is 2.50. The fourth-order valence-electron chi connectivity index (χ4n) is 4.39. The predicted molar refractivity (Wildman–Crippen MR) is 141 cm³/mol. The Morgan fingerprint density at radius 3 is 2.78 bits per heavy atom. The number of carbonyl (C=O) groups excluding carboxylic acids is 2. The molecule has 0 fully saturated rings. The molecule has 1 aliphatic heterocycles. The van der Waals surface area contributed by atoms with Crippen LogP contribution in [0.3, 0.4) is 0 Å². The van der Waals surface area contributed by atoms with Crippen LogP contribution >= 0.6 is 22.9 Å². The summed E-state index contributed by atoms with van der Waals surface area (Å²) in [6, 6.07) is 14.5. The van der Waals surface area contributed by atoms with Gasteiger partial charge in [-0.3, -0.25) is 9.59 Å². The Morgan fingerprint density at radius 1 is 1.22 bits per heavy atom. The maximum absolute atomic E-state index is 13.7. The van der Waals surface area contributed by atoms with E-state index in [0.717, 1.165) is 18.4 Å².